The summed E-state index contributed by atoms with van der Waals surface area (Å²) in [5, 5.41) is 11.3. The molecule has 1 heterocycles. The predicted octanol–water partition coefficient (Wildman–Crippen LogP) is 3.34. The minimum atomic E-state index is -1.06. The molecule has 2 aromatic carbocycles. The van der Waals surface area contributed by atoms with Crippen LogP contribution in [0.4, 0.5) is 5.69 Å². The predicted molar refractivity (Wildman–Crippen MR) is 127 cm³/mol. The first kappa shape index (κ1) is 22.7. The van der Waals surface area contributed by atoms with Crippen LogP contribution < -0.4 is 15.6 Å². The van der Waals surface area contributed by atoms with Crippen molar-refractivity contribution in [2.45, 2.75) is 44.4 Å². The Kier molecular flexibility index (Phi) is 4.84. The topological polar surface area (TPSA) is 136 Å². The Morgan fingerprint density at radius 3 is 2.31 bits per heavy atom. The van der Waals surface area contributed by atoms with E-state index in [4.69, 9.17) is 14.7 Å². The number of amides is 2. The van der Waals surface area contributed by atoms with Crippen LogP contribution in [0, 0.1) is 15.5 Å². The molecule has 2 atom stereocenters. The van der Waals surface area contributed by atoms with Gasteiger partial charge in [0.1, 0.15) is 11.2 Å². The number of hydrogen-bond acceptors (Lipinski definition) is 7. The van der Waals surface area contributed by atoms with Gasteiger partial charge in [0, 0.05) is 23.1 Å². The number of carbonyl (C=O) groups is 2. The van der Waals surface area contributed by atoms with E-state index < -0.39 is 27.1 Å². The number of nitrogens with one attached hydrogen (secondary N) is 2. The molecule has 2 aliphatic rings. The molecule has 1 fully saturated rings. The molecule has 10 nitrogen and oxygen atoms in total. The van der Waals surface area contributed by atoms with Gasteiger partial charge in [0.15, 0.2) is 0 Å². The van der Waals surface area contributed by atoms with Crippen molar-refractivity contribution < 1.29 is 19.2 Å². The lowest BCUT2D eigenvalue weighted by atomic mass is 9.63. The zero-order valence-electron chi connectivity index (χ0n) is 19.8. The van der Waals surface area contributed by atoms with Gasteiger partial charge in [-0.15, -0.1) is 0 Å². The SMILES string of the molecule is COc1ccc(C(=O)NNC(=O)C23CCC(C)(c4nc5ccc([N+](=O)[O-])cc5nc42)C3(C)C)cc1. The number of methoxy groups -OCH3 is 1. The molecule has 35 heavy (non-hydrogen) atoms. The Hall–Kier alpha value is -4.08. The van der Waals surface area contributed by atoms with Crippen molar-refractivity contribution in [1.29, 1.82) is 0 Å². The van der Waals surface area contributed by atoms with Crippen molar-refractivity contribution in [3.63, 3.8) is 0 Å². The third-order valence-corrected chi connectivity index (χ3v) is 8.26. The van der Waals surface area contributed by atoms with Crippen molar-refractivity contribution in [2.24, 2.45) is 5.41 Å². The molecule has 0 radical (unpaired) electrons. The maximum Gasteiger partial charge on any atom is 0.271 e. The average Bonchev–Trinajstić information content (AvgIpc) is 3.15. The molecule has 0 saturated heterocycles. The van der Waals surface area contributed by atoms with Crippen LogP contribution in [-0.4, -0.2) is 33.8 Å². The van der Waals surface area contributed by atoms with Crippen molar-refractivity contribution >= 4 is 28.5 Å². The van der Waals surface area contributed by atoms with E-state index in [1.54, 1.807) is 30.3 Å². The molecule has 2 bridgehead atoms. The quantitative estimate of drug-likeness (QED) is 0.436. The molecular formula is C25H25N5O5. The number of aromatic nitrogens is 2. The zero-order chi connectivity index (χ0) is 25.2. The highest BCUT2D eigenvalue weighted by molar-refractivity contribution is 5.98. The summed E-state index contributed by atoms with van der Waals surface area (Å²) in [4.78, 5) is 46.8. The molecule has 1 saturated carbocycles. The van der Waals surface area contributed by atoms with Crippen LogP contribution in [0.25, 0.3) is 11.0 Å². The Labute approximate surface area is 201 Å². The monoisotopic (exact) mass is 475 g/mol. The third kappa shape index (κ3) is 2.95. The second kappa shape index (κ2) is 7.46. The maximum absolute atomic E-state index is 13.8. The lowest BCUT2D eigenvalue weighted by Crippen LogP contribution is -2.55. The average molecular weight is 476 g/mol. The molecule has 2 unspecified atom stereocenters. The Morgan fingerprint density at radius 1 is 0.971 bits per heavy atom. The van der Waals surface area contributed by atoms with Crippen LogP contribution in [0.15, 0.2) is 42.5 Å². The number of hydrazine groups is 1. The maximum atomic E-state index is 13.8. The number of carbonyl (C=O) groups excluding carboxylic acids is 2. The molecule has 2 aliphatic carbocycles. The number of fused-ring (bicyclic) bond motifs is 6. The number of nitro groups is 1. The van der Waals surface area contributed by atoms with Crippen LogP contribution >= 0.6 is 0 Å². The van der Waals surface area contributed by atoms with E-state index in [0.717, 1.165) is 12.1 Å². The molecule has 2 amide bonds. The van der Waals surface area contributed by atoms with Gasteiger partial charge in [-0.05, 0) is 48.6 Å². The first-order valence-electron chi connectivity index (χ1n) is 11.3. The zero-order valence-corrected chi connectivity index (χ0v) is 19.8. The Morgan fingerprint density at radius 2 is 1.66 bits per heavy atom. The smallest absolute Gasteiger partial charge is 0.271 e. The van der Waals surface area contributed by atoms with Gasteiger partial charge in [-0.3, -0.25) is 30.6 Å². The highest BCUT2D eigenvalue weighted by Gasteiger charge is 2.73. The van der Waals surface area contributed by atoms with Gasteiger partial charge < -0.3 is 4.74 Å². The molecule has 0 aliphatic heterocycles. The number of nitrogens with zero attached hydrogens (tertiary/aromatic N) is 3. The standard InChI is InChI=1S/C25H25N5O5/c1-23(2)24(3)11-12-25(23,22(32)29-28-21(31)14-5-8-16(35-4)9-6-14)20-19(24)26-17-10-7-15(30(33)34)13-18(17)27-20/h5-10,13H,11-12H2,1-4H3,(H,28,31)(H,29,32). The number of non-ortho nitro benzene ring substituents is 1. The van der Waals surface area contributed by atoms with Crippen LogP contribution in [-0.2, 0) is 15.6 Å². The number of ether oxygens (including phenoxy) is 1. The van der Waals surface area contributed by atoms with Crippen molar-refractivity contribution in [2.75, 3.05) is 7.11 Å². The van der Waals surface area contributed by atoms with E-state index in [9.17, 15) is 19.7 Å². The number of rotatable bonds is 4. The first-order chi connectivity index (χ1) is 16.5. The largest absolute Gasteiger partial charge is 0.497 e. The molecular weight excluding hydrogens is 450 g/mol. The van der Waals surface area contributed by atoms with Gasteiger partial charge >= 0.3 is 0 Å². The van der Waals surface area contributed by atoms with Crippen LogP contribution in [0.2, 0.25) is 0 Å². The molecule has 5 rings (SSSR count). The van der Waals surface area contributed by atoms with Crippen molar-refractivity contribution in [3.05, 3.63) is 69.5 Å². The first-order valence-corrected chi connectivity index (χ1v) is 11.3. The minimum absolute atomic E-state index is 0.0920. The van der Waals surface area contributed by atoms with Gasteiger partial charge in [0.2, 0.25) is 0 Å². The highest BCUT2D eigenvalue weighted by atomic mass is 16.6. The van der Waals surface area contributed by atoms with E-state index in [-0.39, 0.29) is 11.6 Å². The summed E-state index contributed by atoms with van der Waals surface area (Å²) in [7, 11) is 1.54. The molecule has 2 N–H and O–H groups in total. The summed E-state index contributed by atoms with van der Waals surface area (Å²) < 4.78 is 5.11. The van der Waals surface area contributed by atoms with E-state index in [1.165, 1.54) is 19.2 Å². The normalized spacial score (nSPS) is 23.5. The van der Waals surface area contributed by atoms with Crippen LogP contribution in [0.1, 0.15) is 55.4 Å². The summed E-state index contributed by atoms with van der Waals surface area (Å²) in [5.74, 6) is -0.231. The number of nitro benzene ring substituents is 1. The van der Waals surface area contributed by atoms with Gasteiger partial charge in [-0.25, -0.2) is 9.97 Å². The van der Waals surface area contributed by atoms with E-state index in [0.29, 0.717) is 34.5 Å². The van der Waals surface area contributed by atoms with Gasteiger partial charge in [0.25, 0.3) is 17.5 Å². The summed E-state index contributed by atoms with van der Waals surface area (Å²) in [6, 6.07) is 10.9. The fraction of sp³-hybridized carbons (Fsp3) is 0.360. The molecule has 1 aromatic heterocycles. The summed E-state index contributed by atoms with van der Waals surface area (Å²) >= 11 is 0. The molecule has 10 heteroatoms. The fourth-order valence-corrected chi connectivity index (χ4v) is 5.74. The van der Waals surface area contributed by atoms with E-state index in [2.05, 4.69) is 17.8 Å². The van der Waals surface area contributed by atoms with Crippen molar-refractivity contribution in [3.8, 4) is 5.75 Å². The molecule has 0 spiro atoms. The summed E-state index contributed by atoms with van der Waals surface area (Å²) in [5.41, 5.74) is 5.50. The highest BCUT2D eigenvalue weighted by Crippen LogP contribution is 2.70. The summed E-state index contributed by atoms with van der Waals surface area (Å²) in [6.07, 6.45) is 1.24. The summed E-state index contributed by atoms with van der Waals surface area (Å²) in [6.45, 7) is 6.11. The van der Waals surface area contributed by atoms with Gasteiger partial charge in [-0.2, -0.15) is 0 Å². The second-order valence-electron chi connectivity index (χ2n) is 9.85. The number of hydrogen-bond donors (Lipinski definition) is 2. The fourth-order valence-electron chi connectivity index (χ4n) is 5.74. The Balaban J connectivity index is 1.52. The minimum Gasteiger partial charge on any atom is -0.497 e. The molecule has 180 valence electrons. The number of benzene rings is 2. The van der Waals surface area contributed by atoms with E-state index >= 15 is 0 Å². The van der Waals surface area contributed by atoms with Crippen LogP contribution in [0.5, 0.6) is 5.75 Å². The third-order valence-electron chi connectivity index (χ3n) is 8.26. The van der Waals surface area contributed by atoms with Gasteiger partial charge in [0.05, 0.1) is 34.5 Å². The van der Waals surface area contributed by atoms with E-state index in [1.807, 2.05) is 13.8 Å². The van der Waals surface area contributed by atoms with Gasteiger partial charge in [-0.1, -0.05) is 20.8 Å². The van der Waals surface area contributed by atoms with Crippen molar-refractivity contribution in [1.82, 2.24) is 20.8 Å². The van der Waals surface area contributed by atoms with Crippen LogP contribution in [0.3, 0.4) is 0 Å². The lowest BCUT2D eigenvalue weighted by molar-refractivity contribution is -0.384. The second-order valence-corrected chi connectivity index (χ2v) is 9.85. The lowest BCUT2D eigenvalue weighted by Gasteiger charge is -2.39. The Bertz CT molecular complexity index is 1400. The molecule has 3 aromatic rings.